The fourth-order valence-electron chi connectivity index (χ4n) is 1.51. The SMILES string of the molecule is CCC(C)(C)NC(=O)COc1cccc(Cl)c1C(N)=S. The van der Waals surface area contributed by atoms with E-state index in [-0.39, 0.29) is 23.0 Å². The van der Waals surface area contributed by atoms with Gasteiger partial charge in [-0.05, 0) is 32.4 Å². The largest absolute Gasteiger partial charge is 0.483 e. The topological polar surface area (TPSA) is 64.3 Å². The maximum absolute atomic E-state index is 11.8. The van der Waals surface area contributed by atoms with Crippen LogP contribution in [0.1, 0.15) is 32.8 Å². The smallest absolute Gasteiger partial charge is 0.258 e. The van der Waals surface area contributed by atoms with Gasteiger partial charge in [-0.3, -0.25) is 4.79 Å². The van der Waals surface area contributed by atoms with Crippen LogP contribution in [0.2, 0.25) is 5.02 Å². The van der Waals surface area contributed by atoms with E-state index in [1.165, 1.54) is 0 Å². The first kappa shape index (κ1) is 16.7. The highest BCUT2D eigenvalue weighted by molar-refractivity contribution is 7.80. The van der Waals surface area contributed by atoms with Crippen molar-refractivity contribution in [2.75, 3.05) is 6.61 Å². The normalized spacial score (nSPS) is 11.0. The Morgan fingerprint density at radius 1 is 1.50 bits per heavy atom. The van der Waals surface area contributed by atoms with Gasteiger partial charge in [-0.25, -0.2) is 0 Å². The zero-order chi connectivity index (χ0) is 15.3. The summed E-state index contributed by atoms with van der Waals surface area (Å²) in [6.45, 7) is 5.79. The third-order valence-corrected chi connectivity index (χ3v) is 3.46. The highest BCUT2D eigenvalue weighted by Gasteiger charge is 2.19. The molecule has 0 aliphatic heterocycles. The van der Waals surface area contributed by atoms with Crippen LogP contribution in [0.25, 0.3) is 0 Å². The summed E-state index contributed by atoms with van der Waals surface area (Å²) in [6, 6.07) is 5.06. The van der Waals surface area contributed by atoms with E-state index in [0.29, 0.717) is 16.3 Å². The van der Waals surface area contributed by atoms with Gasteiger partial charge in [-0.2, -0.15) is 0 Å². The number of hydrogen-bond acceptors (Lipinski definition) is 3. The average Bonchev–Trinajstić information content (AvgIpc) is 2.35. The van der Waals surface area contributed by atoms with Crippen LogP contribution in [0.3, 0.4) is 0 Å². The monoisotopic (exact) mass is 314 g/mol. The molecule has 110 valence electrons. The van der Waals surface area contributed by atoms with Gasteiger partial charge in [0.05, 0.1) is 10.6 Å². The number of thiocarbonyl (C=S) groups is 1. The van der Waals surface area contributed by atoms with Gasteiger partial charge in [0.2, 0.25) is 0 Å². The highest BCUT2D eigenvalue weighted by atomic mass is 35.5. The van der Waals surface area contributed by atoms with Crippen LogP contribution in [0, 0.1) is 0 Å². The van der Waals surface area contributed by atoms with E-state index in [1.807, 2.05) is 20.8 Å². The van der Waals surface area contributed by atoms with Gasteiger partial charge in [0.1, 0.15) is 10.7 Å². The first-order valence-electron chi connectivity index (χ1n) is 6.29. The standard InChI is InChI=1S/C14H19ClN2O2S/c1-4-14(2,3)17-11(18)8-19-10-7-5-6-9(15)12(10)13(16)20/h5-7H,4,8H2,1-3H3,(H2,16,20)(H,17,18). The molecule has 0 radical (unpaired) electrons. The molecule has 20 heavy (non-hydrogen) atoms. The van der Waals surface area contributed by atoms with Crippen molar-refractivity contribution in [3.8, 4) is 5.75 Å². The van der Waals surface area contributed by atoms with Gasteiger partial charge >= 0.3 is 0 Å². The van der Waals surface area contributed by atoms with Gasteiger partial charge in [0.25, 0.3) is 5.91 Å². The summed E-state index contributed by atoms with van der Waals surface area (Å²) in [7, 11) is 0. The second kappa shape index (κ2) is 6.90. The fraction of sp³-hybridized carbons (Fsp3) is 0.429. The number of hydrogen-bond donors (Lipinski definition) is 2. The summed E-state index contributed by atoms with van der Waals surface area (Å²) in [5.74, 6) is 0.208. The molecule has 0 spiro atoms. The third-order valence-electron chi connectivity index (χ3n) is 2.94. The maximum atomic E-state index is 11.8. The molecule has 4 nitrogen and oxygen atoms in total. The Balaban J connectivity index is 2.74. The predicted molar refractivity (Wildman–Crippen MR) is 85.3 cm³/mol. The van der Waals surface area contributed by atoms with Gasteiger partial charge in [0.15, 0.2) is 6.61 Å². The minimum atomic E-state index is -0.263. The predicted octanol–water partition coefficient (Wildman–Crippen LogP) is 2.66. The lowest BCUT2D eigenvalue weighted by Crippen LogP contribution is -2.45. The molecule has 0 heterocycles. The molecule has 0 saturated heterocycles. The first-order chi connectivity index (χ1) is 9.26. The molecule has 1 aromatic carbocycles. The summed E-state index contributed by atoms with van der Waals surface area (Å²) >= 11 is 11.0. The van der Waals surface area contributed by atoms with E-state index >= 15 is 0 Å². The van der Waals surface area contributed by atoms with Crippen molar-refractivity contribution in [1.82, 2.24) is 5.32 Å². The Bertz CT molecular complexity index is 518. The Morgan fingerprint density at radius 2 is 2.15 bits per heavy atom. The molecule has 1 aromatic rings. The summed E-state index contributed by atoms with van der Waals surface area (Å²) < 4.78 is 5.47. The lowest BCUT2D eigenvalue weighted by atomic mass is 10.0. The van der Waals surface area contributed by atoms with Crippen LogP contribution in [0.5, 0.6) is 5.75 Å². The van der Waals surface area contributed by atoms with Crippen LogP contribution < -0.4 is 15.8 Å². The molecule has 1 amide bonds. The molecule has 0 fully saturated rings. The minimum absolute atomic E-state index is 0.112. The van der Waals surface area contributed by atoms with Gasteiger partial charge in [-0.1, -0.05) is 36.8 Å². The van der Waals surface area contributed by atoms with Gasteiger partial charge in [0, 0.05) is 5.54 Å². The number of amides is 1. The van der Waals surface area contributed by atoms with Gasteiger partial charge < -0.3 is 15.8 Å². The van der Waals surface area contributed by atoms with Crippen LogP contribution in [-0.2, 0) is 4.79 Å². The Morgan fingerprint density at radius 3 is 2.70 bits per heavy atom. The molecule has 0 atom stereocenters. The van der Waals surface area contributed by atoms with Crippen molar-refractivity contribution < 1.29 is 9.53 Å². The number of nitrogens with one attached hydrogen (secondary N) is 1. The molecular weight excluding hydrogens is 296 g/mol. The average molecular weight is 315 g/mol. The Kier molecular flexibility index (Phi) is 5.77. The molecule has 1 rings (SSSR count). The summed E-state index contributed by atoms with van der Waals surface area (Å²) in [5, 5.41) is 3.29. The Labute approximate surface area is 129 Å². The molecule has 3 N–H and O–H groups in total. The zero-order valence-corrected chi connectivity index (χ0v) is 13.4. The molecule has 0 bridgehead atoms. The van der Waals surface area contributed by atoms with E-state index in [1.54, 1.807) is 18.2 Å². The second-order valence-corrected chi connectivity index (χ2v) is 5.90. The van der Waals surface area contributed by atoms with E-state index in [0.717, 1.165) is 6.42 Å². The quantitative estimate of drug-likeness (QED) is 0.792. The van der Waals surface area contributed by atoms with Crippen LogP contribution >= 0.6 is 23.8 Å². The molecule has 6 heteroatoms. The van der Waals surface area contributed by atoms with Crippen molar-refractivity contribution in [3.63, 3.8) is 0 Å². The zero-order valence-electron chi connectivity index (χ0n) is 11.8. The summed E-state index contributed by atoms with van der Waals surface area (Å²) in [6.07, 6.45) is 0.827. The lowest BCUT2D eigenvalue weighted by molar-refractivity contribution is -0.124. The number of halogens is 1. The minimum Gasteiger partial charge on any atom is -0.483 e. The van der Waals surface area contributed by atoms with Crippen molar-refractivity contribution >= 4 is 34.7 Å². The number of benzene rings is 1. The molecule has 0 unspecified atom stereocenters. The molecule has 0 aliphatic rings. The highest BCUT2D eigenvalue weighted by Crippen LogP contribution is 2.26. The van der Waals surface area contributed by atoms with Crippen LogP contribution in [0.4, 0.5) is 0 Å². The number of ether oxygens (including phenoxy) is 1. The number of nitrogens with two attached hydrogens (primary N) is 1. The van der Waals surface area contributed by atoms with Crippen molar-refractivity contribution in [3.05, 3.63) is 28.8 Å². The summed E-state index contributed by atoms with van der Waals surface area (Å²) in [5.41, 5.74) is 5.80. The lowest BCUT2D eigenvalue weighted by Gasteiger charge is -2.24. The van der Waals surface area contributed by atoms with Crippen molar-refractivity contribution in [2.45, 2.75) is 32.7 Å². The molecular formula is C14H19ClN2O2S. The van der Waals surface area contributed by atoms with E-state index in [9.17, 15) is 4.79 Å². The number of rotatable bonds is 6. The van der Waals surface area contributed by atoms with Crippen LogP contribution in [0.15, 0.2) is 18.2 Å². The molecule has 0 aromatic heterocycles. The van der Waals surface area contributed by atoms with E-state index in [4.69, 9.17) is 34.3 Å². The Hall–Kier alpha value is -1.33. The van der Waals surface area contributed by atoms with E-state index in [2.05, 4.69) is 5.32 Å². The fourth-order valence-corrected chi connectivity index (χ4v) is 2.04. The maximum Gasteiger partial charge on any atom is 0.258 e. The van der Waals surface area contributed by atoms with Crippen LogP contribution in [-0.4, -0.2) is 23.0 Å². The second-order valence-electron chi connectivity index (χ2n) is 5.05. The van der Waals surface area contributed by atoms with Crippen molar-refractivity contribution in [1.29, 1.82) is 0 Å². The summed E-state index contributed by atoms with van der Waals surface area (Å²) in [4.78, 5) is 12.0. The molecule has 0 saturated carbocycles. The van der Waals surface area contributed by atoms with Crippen molar-refractivity contribution in [2.24, 2.45) is 5.73 Å². The van der Waals surface area contributed by atoms with E-state index < -0.39 is 0 Å². The molecule has 0 aliphatic carbocycles. The third kappa shape index (κ3) is 4.65. The van der Waals surface area contributed by atoms with Gasteiger partial charge in [-0.15, -0.1) is 0 Å². The number of carbonyl (C=O) groups excluding carboxylic acids is 1. The number of carbonyl (C=O) groups is 1. The first-order valence-corrected chi connectivity index (χ1v) is 7.07.